The van der Waals surface area contributed by atoms with E-state index in [1.807, 2.05) is 0 Å². The Morgan fingerprint density at radius 1 is 1.38 bits per heavy atom. The largest absolute Gasteiger partial charge is 0.388 e. The average molecular weight is 182 g/mol. The van der Waals surface area contributed by atoms with E-state index in [0.717, 1.165) is 18.3 Å². The highest BCUT2D eigenvalue weighted by molar-refractivity contribution is 5.49. The third-order valence-corrected chi connectivity index (χ3v) is 1.16. The molecule has 0 bridgehead atoms. The second-order valence-electron chi connectivity index (χ2n) is 2.36. The molecule has 0 spiro atoms. The summed E-state index contributed by atoms with van der Waals surface area (Å²) in [6.07, 6.45) is 7.10. The van der Waals surface area contributed by atoms with Crippen molar-refractivity contribution in [3.63, 3.8) is 0 Å². The maximum atomic E-state index is 9.94. The fraction of sp³-hybridized carbons (Fsp3) is 0.444. The number of hydrogen-bond acceptors (Lipinski definition) is 4. The van der Waals surface area contributed by atoms with E-state index >= 15 is 0 Å². The van der Waals surface area contributed by atoms with Gasteiger partial charge in [0.1, 0.15) is 12.6 Å². The summed E-state index contributed by atoms with van der Waals surface area (Å²) in [5.41, 5.74) is 1.01. The maximum absolute atomic E-state index is 9.94. The van der Waals surface area contributed by atoms with Crippen molar-refractivity contribution in [3.05, 3.63) is 24.3 Å². The van der Waals surface area contributed by atoms with Crippen LogP contribution in [0.4, 0.5) is 0 Å². The fourth-order valence-electron chi connectivity index (χ4n) is 0.685. The first-order valence-electron chi connectivity index (χ1n) is 3.92. The van der Waals surface area contributed by atoms with Gasteiger partial charge in [-0.05, 0) is 12.0 Å². The Bertz CT molecular complexity index is 214. The van der Waals surface area contributed by atoms with Crippen LogP contribution in [-0.4, -0.2) is 30.5 Å². The predicted molar refractivity (Wildman–Crippen MR) is 49.4 cm³/mol. The number of nitrogens with zero attached hydrogens (tertiary/aromatic N) is 2. The maximum Gasteiger partial charge on any atom is 0.120 e. The number of hydrogen-bond donors (Lipinski definition) is 0. The second-order valence-corrected chi connectivity index (χ2v) is 2.36. The molecular weight excluding hydrogens is 168 g/mol. The van der Waals surface area contributed by atoms with Gasteiger partial charge >= 0.3 is 0 Å². The molecule has 1 aromatic rings. The van der Waals surface area contributed by atoms with E-state index in [-0.39, 0.29) is 0 Å². The van der Waals surface area contributed by atoms with Gasteiger partial charge in [-0.1, -0.05) is 0 Å². The van der Waals surface area contributed by atoms with Crippen LogP contribution in [0.25, 0.3) is 0 Å². The van der Waals surface area contributed by atoms with Gasteiger partial charge in [-0.3, -0.25) is 0 Å². The smallest absolute Gasteiger partial charge is 0.120 e. The molecule has 0 aliphatic carbocycles. The second kappa shape index (κ2) is 8.80. The van der Waals surface area contributed by atoms with Gasteiger partial charge in [-0.25, -0.2) is 9.97 Å². The molecule has 0 aliphatic heterocycles. The molecule has 0 saturated heterocycles. The third-order valence-electron chi connectivity index (χ3n) is 1.16. The Morgan fingerprint density at radius 2 is 1.92 bits per heavy atom. The molecule has 0 N–H and O–H groups in total. The lowest BCUT2D eigenvalue weighted by Crippen LogP contribution is -1.87. The van der Waals surface area contributed by atoms with Crippen LogP contribution in [0.2, 0.25) is 0 Å². The molecule has 0 saturated carbocycles. The third kappa shape index (κ3) is 7.08. The minimum Gasteiger partial charge on any atom is -0.388 e. The molecule has 1 aromatic heterocycles. The van der Waals surface area contributed by atoms with Crippen molar-refractivity contribution in [3.8, 4) is 0 Å². The molecule has 1 heterocycles. The van der Waals surface area contributed by atoms with Crippen molar-refractivity contribution in [2.24, 2.45) is 0 Å². The summed E-state index contributed by atoms with van der Waals surface area (Å²) in [7, 11) is 3.25. The molecule has 0 unspecified atom stereocenters. The Kier molecular flexibility index (Phi) is 7.93. The average Bonchev–Trinajstić information content (AvgIpc) is 2.18. The van der Waals surface area contributed by atoms with E-state index in [1.165, 1.54) is 6.33 Å². The quantitative estimate of drug-likeness (QED) is 0.651. The zero-order valence-electron chi connectivity index (χ0n) is 7.93. The zero-order valence-corrected chi connectivity index (χ0v) is 7.93. The van der Waals surface area contributed by atoms with Crippen LogP contribution in [0.5, 0.6) is 0 Å². The number of aromatic nitrogens is 2. The van der Waals surface area contributed by atoms with Crippen molar-refractivity contribution in [1.82, 2.24) is 9.97 Å². The first kappa shape index (κ1) is 11.7. The molecule has 0 atom stereocenters. The van der Waals surface area contributed by atoms with Crippen LogP contribution in [-0.2, 0) is 16.0 Å². The van der Waals surface area contributed by atoms with Gasteiger partial charge in [0, 0.05) is 33.0 Å². The van der Waals surface area contributed by atoms with Crippen LogP contribution < -0.4 is 0 Å². The van der Waals surface area contributed by atoms with Crippen LogP contribution in [0.3, 0.4) is 0 Å². The summed E-state index contributed by atoms with van der Waals surface area (Å²) in [6.45, 7) is 0. The SMILES string of the molecule is COC.O=CCCc1cncnc1. The van der Waals surface area contributed by atoms with E-state index < -0.39 is 0 Å². The molecule has 0 fully saturated rings. The number of carbonyl (C=O) groups excluding carboxylic acids is 1. The van der Waals surface area contributed by atoms with E-state index in [4.69, 9.17) is 0 Å². The van der Waals surface area contributed by atoms with E-state index in [0.29, 0.717) is 6.42 Å². The van der Waals surface area contributed by atoms with Crippen LogP contribution >= 0.6 is 0 Å². The molecule has 0 aromatic carbocycles. The van der Waals surface area contributed by atoms with Crippen molar-refractivity contribution >= 4 is 6.29 Å². The fourth-order valence-corrected chi connectivity index (χ4v) is 0.685. The first-order chi connectivity index (χ1) is 6.35. The summed E-state index contributed by atoms with van der Waals surface area (Å²) < 4.78 is 4.25. The number of ether oxygens (including phenoxy) is 1. The molecular formula is C9H14N2O2. The molecule has 1 rings (SSSR count). The molecule has 0 aliphatic rings. The van der Waals surface area contributed by atoms with Crippen LogP contribution in [0.15, 0.2) is 18.7 Å². The minimum absolute atomic E-state index is 0.549. The summed E-state index contributed by atoms with van der Waals surface area (Å²) in [6, 6.07) is 0. The summed E-state index contributed by atoms with van der Waals surface area (Å²) in [5, 5.41) is 0. The van der Waals surface area contributed by atoms with Crippen molar-refractivity contribution in [1.29, 1.82) is 0 Å². The van der Waals surface area contributed by atoms with Crippen LogP contribution in [0, 0.1) is 0 Å². The van der Waals surface area contributed by atoms with E-state index in [9.17, 15) is 4.79 Å². The molecule has 13 heavy (non-hydrogen) atoms. The summed E-state index contributed by atoms with van der Waals surface area (Å²) in [4.78, 5) is 17.6. The molecule has 4 heteroatoms. The van der Waals surface area contributed by atoms with Gasteiger partial charge in [-0.15, -0.1) is 0 Å². The number of methoxy groups -OCH3 is 1. The topological polar surface area (TPSA) is 52.1 Å². The predicted octanol–water partition coefficient (Wildman–Crippen LogP) is 0.871. The molecule has 72 valence electrons. The number of aryl methyl sites for hydroxylation is 1. The van der Waals surface area contributed by atoms with Gasteiger partial charge in [0.25, 0.3) is 0 Å². The summed E-state index contributed by atoms with van der Waals surface area (Å²) >= 11 is 0. The highest BCUT2D eigenvalue weighted by Gasteiger charge is 1.89. The Balaban J connectivity index is 0.000000424. The Hall–Kier alpha value is -1.29. The number of carbonyl (C=O) groups is 1. The van der Waals surface area contributed by atoms with Gasteiger partial charge in [0.2, 0.25) is 0 Å². The normalized spacial score (nSPS) is 8.46. The van der Waals surface area contributed by atoms with Crippen molar-refractivity contribution < 1.29 is 9.53 Å². The number of aldehydes is 1. The van der Waals surface area contributed by atoms with Gasteiger partial charge < -0.3 is 9.53 Å². The highest BCUT2D eigenvalue weighted by Crippen LogP contribution is 1.95. The molecule has 4 nitrogen and oxygen atoms in total. The van der Waals surface area contributed by atoms with Gasteiger partial charge in [0.05, 0.1) is 0 Å². The van der Waals surface area contributed by atoms with Crippen molar-refractivity contribution in [2.45, 2.75) is 12.8 Å². The lowest BCUT2D eigenvalue weighted by Gasteiger charge is -1.91. The number of rotatable bonds is 3. The zero-order chi connectivity index (χ0) is 9.94. The monoisotopic (exact) mass is 182 g/mol. The van der Waals surface area contributed by atoms with E-state index in [2.05, 4.69) is 14.7 Å². The summed E-state index contributed by atoms with van der Waals surface area (Å²) in [5.74, 6) is 0. The lowest BCUT2D eigenvalue weighted by molar-refractivity contribution is -0.107. The Morgan fingerprint density at radius 3 is 2.38 bits per heavy atom. The van der Waals surface area contributed by atoms with E-state index in [1.54, 1.807) is 26.6 Å². The minimum atomic E-state index is 0.549. The first-order valence-corrected chi connectivity index (χ1v) is 3.92. The van der Waals surface area contributed by atoms with Crippen LogP contribution in [0.1, 0.15) is 12.0 Å². The Labute approximate surface area is 78.0 Å². The van der Waals surface area contributed by atoms with Gasteiger partial charge in [-0.2, -0.15) is 0 Å². The van der Waals surface area contributed by atoms with Gasteiger partial charge in [0.15, 0.2) is 0 Å². The molecule has 0 amide bonds. The molecule has 0 radical (unpaired) electrons. The standard InChI is InChI=1S/C7H8N2O.C2H6O/c10-3-1-2-7-4-8-6-9-5-7;1-3-2/h3-6H,1-2H2;1-2H3. The highest BCUT2D eigenvalue weighted by atomic mass is 16.4. The lowest BCUT2D eigenvalue weighted by atomic mass is 10.2. The van der Waals surface area contributed by atoms with Crippen molar-refractivity contribution in [2.75, 3.05) is 14.2 Å².